The maximum atomic E-state index is 5.38. The minimum Gasteiger partial charge on any atom is -0.378 e. The summed E-state index contributed by atoms with van der Waals surface area (Å²) in [6, 6.07) is 0. The molecule has 5 nitrogen and oxygen atoms in total. The molecule has 5 heteroatoms. The average molecular weight is 245 g/mol. The molecule has 0 spiro atoms. The zero-order chi connectivity index (χ0) is 12.0. The molecule has 0 aliphatic carbocycles. The summed E-state index contributed by atoms with van der Waals surface area (Å²) in [5, 5.41) is 3.24. The Kier molecular flexibility index (Phi) is 10.3. The van der Waals surface area contributed by atoms with Gasteiger partial charge < -0.3 is 24.3 Å². The van der Waals surface area contributed by atoms with Crippen LogP contribution >= 0.6 is 0 Å². The van der Waals surface area contributed by atoms with Crippen LogP contribution in [0.25, 0.3) is 0 Å². The molecule has 0 fully saturated rings. The van der Waals surface area contributed by atoms with Crippen molar-refractivity contribution >= 4 is 0 Å². The topological polar surface area (TPSA) is 49.0 Å². The number of nitrogens with one attached hydrogen (secondary N) is 1. The molecule has 0 saturated carbocycles. The van der Waals surface area contributed by atoms with Crippen LogP contribution in [0.5, 0.6) is 0 Å². The van der Waals surface area contributed by atoms with Gasteiger partial charge in [-0.3, -0.25) is 0 Å². The zero-order valence-corrected chi connectivity index (χ0v) is 10.4. The molecule has 0 saturated heterocycles. The lowest BCUT2D eigenvalue weighted by Gasteiger charge is -2.06. The van der Waals surface area contributed by atoms with Crippen molar-refractivity contribution < 1.29 is 18.9 Å². The summed E-state index contributed by atoms with van der Waals surface area (Å²) in [6.45, 7) is 6.89. The summed E-state index contributed by atoms with van der Waals surface area (Å²) < 4.78 is 21.5. The SMILES string of the molecule is C1=C\COCCOCCNCCOCCOC/1. The Bertz CT molecular complexity index is 169. The Morgan fingerprint density at radius 2 is 1.06 bits per heavy atom. The maximum absolute atomic E-state index is 5.38. The van der Waals surface area contributed by atoms with Crippen molar-refractivity contribution in [2.45, 2.75) is 0 Å². The molecule has 1 heterocycles. The summed E-state index contributed by atoms with van der Waals surface area (Å²) in [6.07, 6.45) is 3.92. The standard InChI is InChI=1S/C12H23NO4/c1-2-6-15-10-12-17-8-4-13-3-7-16-11-9-14-5-1/h1-2,13H,3-12H2/b2-1-. The Labute approximate surface area is 103 Å². The molecule has 1 aliphatic heterocycles. The van der Waals surface area contributed by atoms with Crippen LogP contribution < -0.4 is 5.32 Å². The maximum Gasteiger partial charge on any atom is 0.0704 e. The van der Waals surface area contributed by atoms with Gasteiger partial charge in [-0.05, 0) is 0 Å². The fourth-order valence-electron chi connectivity index (χ4n) is 1.29. The van der Waals surface area contributed by atoms with Gasteiger partial charge in [-0.1, -0.05) is 12.2 Å². The third-order valence-corrected chi connectivity index (χ3v) is 2.19. The lowest BCUT2D eigenvalue weighted by molar-refractivity contribution is 0.0554. The highest BCUT2D eigenvalue weighted by atomic mass is 16.5. The van der Waals surface area contributed by atoms with Gasteiger partial charge in [-0.15, -0.1) is 0 Å². The van der Waals surface area contributed by atoms with Crippen molar-refractivity contribution in [3.63, 3.8) is 0 Å². The largest absolute Gasteiger partial charge is 0.378 e. The Morgan fingerprint density at radius 1 is 0.588 bits per heavy atom. The van der Waals surface area contributed by atoms with Gasteiger partial charge >= 0.3 is 0 Å². The van der Waals surface area contributed by atoms with Crippen LogP contribution in [0.15, 0.2) is 12.2 Å². The van der Waals surface area contributed by atoms with Gasteiger partial charge in [0.15, 0.2) is 0 Å². The van der Waals surface area contributed by atoms with Crippen LogP contribution in [0.4, 0.5) is 0 Å². The Morgan fingerprint density at radius 3 is 1.59 bits per heavy atom. The van der Waals surface area contributed by atoms with Gasteiger partial charge in [-0.2, -0.15) is 0 Å². The molecule has 0 aromatic carbocycles. The monoisotopic (exact) mass is 245 g/mol. The van der Waals surface area contributed by atoms with Gasteiger partial charge in [0.1, 0.15) is 0 Å². The van der Waals surface area contributed by atoms with Crippen LogP contribution in [0.2, 0.25) is 0 Å². The van der Waals surface area contributed by atoms with Gasteiger partial charge in [0.05, 0.1) is 52.9 Å². The second-order valence-electron chi connectivity index (χ2n) is 3.60. The molecule has 1 aliphatic rings. The van der Waals surface area contributed by atoms with Crippen LogP contribution in [-0.4, -0.2) is 65.9 Å². The van der Waals surface area contributed by atoms with E-state index in [9.17, 15) is 0 Å². The van der Waals surface area contributed by atoms with Crippen molar-refractivity contribution in [3.8, 4) is 0 Å². The summed E-state index contributed by atoms with van der Waals surface area (Å²) in [4.78, 5) is 0. The predicted octanol–water partition coefficient (Wildman–Crippen LogP) is 0.212. The first-order valence-corrected chi connectivity index (χ1v) is 6.17. The van der Waals surface area contributed by atoms with Crippen molar-refractivity contribution in [1.82, 2.24) is 5.32 Å². The molecule has 0 atom stereocenters. The second-order valence-corrected chi connectivity index (χ2v) is 3.60. The predicted molar refractivity (Wildman–Crippen MR) is 65.3 cm³/mol. The number of ether oxygens (including phenoxy) is 4. The van der Waals surface area contributed by atoms with E-state index >= 15 is 0 Å². The van der Waals surface area contributed by atoms with Crippen molar-refractivity contribution in [2.24, 2.45) is 0 Å². The minimum absolute atomic E-state index is 0.613. The van der Waals surface area contributed by atoms with E-state index in [4.69, 9.17) is 18.9 Å². The highest BCUT2D eigenvalue weighted by Crippen LogP contribution is 1.84. The minimum atomic E-state index is 0.613. The van der Waals surface area contributed by atoms with E-state index in [2.05, 4.69) is 5.32 Å². The van der Waals surface area contributed by atoms with Crippen molar-refractivity contribution in [3.05, 3.63) is 12.2 Å². The third kappa shape index (κ3) is 10.4. The average Bonchev–Trinajstić information content (AvgIpc) is 2.35. The summed E-state index contributed by atoms with van der Waals surface area (Å²) >= 11 is 0. The fourth-order valence-corrected chi connectivity index (χ4v) is 1.29. The first-order valence-electron chi connectivity index (χ1n) is 6.17. The number of rotatable bonds is 0. The van der Waals surface area contributed by atoms with E-state index in [1.165, 1.54) is 0 Å². The van der Waals surface area contributed by atoms with E-state index in [-0.39, 0.29) is 0 Å². The summed E-state index contributed by atoms with van der Waals surface area (Å²) in [5.74, 6) is 0. The first-order chi connectivity index (χ1) is 8.50. The molecule has 0 amide bonds. The quantitative estimate of drug-likeness (QED) is 0.618. The van der Waals surface area contributed by atoms with Gasteiger partial charge in [0, 0.05) is 13.1 Å². The molecule has 0 unspecified atom stereocenters. The third-order valence-electron chi connectivity index (χ3n) is 2.19. The van der Waals surface area contributed by atoms with Crippen molar-refractivity contribution in [1.29, 1.82) is 0 Å². The highest BCUT2D eigenvalue weighted by Gasteiger charge is 1.92. The summed E-state index contributed by atoms with van der Waals surface area (Å²) in [5.41, 5.74) is 0. The molecular formula is C12H23NO4. The van der Waals surface area contributed by atoms with Crippen LogP contribution in [0, 0.1) is 0 Å². The highest BCUT2D eigenvalue weighted by molar-refractivity contribution is 4.81. The zero-order valence-electron chi connectivity index (χ0n) is 10.4. The molecule has 1 N–H and O–H groups in total. The van der Waals surface area contributed by atoms with Crippen molar-refractivity contribution in [2.75, 3.05) is 65.9 Å². The van der Waals surface area contributed by atoms with Gasteiger partial charge in [0.25, 0.3) is 0 Å². The molecule has 0 aromatic rings. The number of hydrogen-bond acceptors (Lipinski definition) is 5. The van der Waals surface area contributed by atoms with E-state index < -0.39 is 0 Å². The molecule has 0 radical (unpaired) electrons. The van der Waals surface area contributed by atoms with E-state index in [1.807, 2.05) is 12.2 Å². The lowest BCUT2D eigenvalue weighted by Crippen LogP contribution is -2.25. The molecule has 0 aromatic heterocycles. The van der Waals surface area contributed by atoms with Crippen LogP contribution in [0.1, 0.15) is 0 Å². The Hall–Kier alpha value is -0.460. The smallest absolute Gasteiger partial charge is 0.0704 e. The fraction of sp³-hybridized carbons (Fsp3) is 0.833. The molecule has 1 rings (SSSR count). The lowest BCUT2D eigenvalue weighted by atomic mass is 10.5. The Balaban J connectivity index is 2.07. The van der Waals surface area contributed by atoms with Gasteiger partial charge in [0.2, 0.25) is 0 Å². The van der Waals surface area contributed by atoms with E-state index in [1.54, 1.807) is 0 Å². The molecular weight excluding hydrogens is 222 g/mol. The first kappa shape index (κ1) is 14.6. The van der Waals surface area contributed by atoms with E-state index in [0.717, 1.165) is 13.1 Å². The normalized spacial score (nSPS) is 24.9. The second kappa shape index (κ2) is 12.0. The molecule has 0 bridgehead atoms. The van der Waals surface area contributed by atoms with Crippen LogP contribution in [0.3, 0.4) is 0 Å². The van der Waals surface area contributed by atoms with E-state index in [0.29, 0.717) is 52.9 Å². The molecule has 17 heavy (non-hydrogen) atoms. The van der Waals surface area contributed by atoms with Gasteiger partial charge in [-0.25, -0.2) is 0 Å². The number of hydrogen-bond donors (Lipinski definition) is 1. The molecule has 100 valence electrons. The summed E-state index contributed by atoms with van der Waals surface area (Å²) in [7, 11) is 0. The van der Waals surface area contributed by atoms with Crippen LogP contribution in [-0.2, 0) is 18.9 Å².